The van der Waals surface area contributed by atoms with Gasteiger partial charge in [-0.1, -0.05) is 29.3 Å². The molecule has 7 nitrogen and oxygen atoms in total. The number of carbonyl (C=O) groups excluding carboxylic acids is 3. The van der Waals surface area contributed by atoms with Crippen LogP contribution in [0.1, 0.15) is 38.2 Å². The number of nitrogens with zero attached hydrogens (tertiary/aromatic N) is 1. The number of nitrogens with one attached hydrogen (secondary N) is 2. The van der Waals surface area contributed by atoms with Crippen molar-refractivity contribution in [3.05, 3.63) is 33.8 Å². The molecule has 0 aromatic heterocycles. The lowest BCUT2D eigenvalue weighted by Crippen LogP contribution is -2.63. The summed E-state index contributed by atoms with van der Waals surface area (Å²) in [6.07, 6.45) is 2.52. The lowest BCUT2D eigenvalue weighted by Gasteiger charge is -2.47. The molecule has 1 saturated carbocycles. The van der Waals surface area contributed by atoms with Crippen LogP contribution in [-0.4, -0.2) is 60.3 Å². The molecule has 1 unspecified atom stereocenters. The summed E-state index contributed by atoms with van der Waals surface area (Å²) in [4.78, 5) is 39.7. The molecule has 1 atom stereocenters. The van der Waals surface area contributed by atoms with Gasteiger partial charge in [-0.15, -0.1) is 0 Å². The van der Waals surface area contributed by atoms with E-state index in [0.717, 1.165) is 31.7 Å². The van der Waals surface area contributed by atoms with Crippen LogP contribution in [0, 0.1) is 5.92 Å². The van der Waals surface area contributed by atoms with Crippen molar-refractivity contribution >= 4 is 40.8 Å². The Morgan fingerprint density at radius 3 is 2.42 bits per heavy atom. The zero-order chi connectivity index (χ0) is 22.6. The minimum atomic E-state index is -0.693. The van der Waals surface area contributed by atoms with Crippen molar-refractivity contribution in [2.24, 2.45) is 11.7 Å². The van der Waals surface area contributed by atoms with E-state index in [2.05, 4.69) is 15.5 Å². The Labute approximate surface area is 193 Å². The summed E-state index contributed by atoms with van der Waals surface area (Å²) in [5.74, 6) is -0.851. The first-order valence-electron chi connectivity index (χ1n) is 10.7. The second-order valence-corrected chi connectivity index (χ2v) is 9.35. The molecule has 2 fully saturated rings. The van der Waals surface area contributed by atoms with Gasteiger partial charge in [0.2, 0.25) is 11.8 Å². The first-order valence-corrected chi connectivity index (χ1v) is 11.5. The molecule has 2 amide bonds. The highest BCUT2D eigenvalue weighted by molar-refractivity contribution is 6.35. The Morgan fingerprint density at radius 2 is 1.87 bits per heavy atom. The summed E-state index contributed by atoms with van der Waals surface area (Å²) in [7, 11) is 0. The molecule has 1 heterocycles. The van der Waals surface area contributed by atoms with E-state index in [4.69, 9.17) is 28.9 Å². The molecule has 0 bridgehead atoms. The molecular weight excluding hydrogens is 439 g/mol. The van der Waals surface area contributed by atoms with Gasteiger partial charge in [0.25, 0.3) is 0 Å². The topological polar surface area (TPSA) is 105 Å². The zero-order valence-electron chi connectivity index (χ0n) is 17.8. The third kappa shape index (κ3) is 5.58. The minimum Gasteiger partial charge on any atom is -0.368 e. The molecule has 170 valence electrons. The Kier molecular flexibility index (Phi) is 7.97. The van der Waals surface area contributed by atoms with Crippen LogP contribution >= 0.6 is 23.2 Å². The molecule has 31 heavy (non-hydrogen) atoms. The standard InChI is InChI=1S/C22H30Cl2N4O3/c1-14(29)27-19(12-16-2-3-17(23)13-18(16)24)20(30)15-4-6-22(7-5-15,21(25)31)28-10-8-26-9-11-28/h2-3,13,15,19,26H,4-12H2,1H3,(H2,25,31)(H,27,29). The zero-order valence-corrected chi connectivity index (χ0v) is 19.3. The van der Waals surface area contributed by atoms with Crippen LogP contribution in [0.25, 0.3) is 0 Å². The van der Waals surface area contributed by atoms with Crippen molar-refractivity contribution < 1.29 is 14.4 Å². The number of hydrogen-bond donors (Lipinski definition) is 3. The molecule has 9 heteroatoms. The summed E-state index contributed by atoms with van der Waals surface area (Å²) < 4.78 is 0. The largest absolute Gasteiger partial charge is 0.368 e. The Balaban J connectivity index is 1.72. The predicted octanol–water partition coefficient (Wildman–Crippen LogP) is 1.93. The number of hydrogen-bond acceptors (Lipinski definition) is 5. The molecule has 1 aromatic carbocycles. The molecule has 1 aromatic rings. The molecule has 1 aliphatic heterocycles. The fourth-order valence-corrected chi connectivity index (χ4v) is 5.34. The van der Waals surface area contributed by atoms with E-state index in [-0.39, 0.29) is 23.5 Å². The van der Waals surface area contributed by atoms with Crippen molar-refractivity contribution in [2.75, 3.05) is 26.2 Å². The maximum absolute atomic E-state index is 13.3. The van der Waals surface area contributed by atoms with Crippen LogP contribution in [0.15, 0.2) is 18.2 Å². The van der Waals surface area contributed by atoms with Crippen LogP contribution in [-0.2, 0) is 20.8 Å². The second-order valence-electron chi connectivity index (χ2n) is 8.50. The monoisotopic (exact) mass is 468 g/mol. The van der Waals surface area contributed by atoms with Crippen LogP contribution in [0.2, 0.25) is 10.0 Å². The van der Waals surface area contributed by atoms with Gasteiger partial charge < -0.3 is 16.4 Å². The van der Waals surface area contributed by atoms with Gasteiger partial charge in [0.15, 0.2) is 5.78 Å². The van der Waals surface area contributed by atoms with Gasteiger partial charge in [0, 0.05) is 55.5 Å². The van der Waals surface area contributed by atoms with Gasteiger partial charge in [0.05, 0.1) is 6.04 Å². The van der Waals surface area contributed by atoms with Crippen molar-refractivity contribution in [2.45, 2.75) is 50.6 Å². The van der Waals surface area contributed by atoms with Crippen LogP contribution in [0.4, 0.5) is 0 Å². The van der Waals surface area contributed by atoms with Crippen LogP contribution in [0.3, 0.4) is 0 Å². The van der Waals surface area contributed by atoms with Gasteiger partial charge in [-0.25, -0.2) is 0 Å². The number of Topliss-reactive ketones (excluding diaryl/α,β-unsaturated/α-hetero) is 1. The lowest BCUT2D eigenvalue weighted by atomic mass is 9.72. The molecule has 1 aliphatic carbocycles. The molecule has 0 radical (unpaired) electrons. The number of carbonyl (C=O) groups is 3. The number of rotatable bonds is 7. The average molecular weight is 469 g/mol. The predicted molar refractivity (Wildman–Crippen MR) is 121 cm³/mol. The highest BCUT2D eigenvalue weighted by atomic mass is 35.5. The smallest absolute Gasteiger partial charge is 0.237 e. The summed E-state index contributed by atoms with van der Waals surface area (Å²) in [5, 5.41) is 7.05. The third-order valence-corrected chi connectivity index (χ3v) is 7.14. The van der Waals surface area contributed by atoms with Gasteiger partial charge in [-0.05, 0) is 43.4 Å². The summed E-state index contributed by atoms with van der Waals surface area (Å²) in [5.41, 5.74) is 5.90. The molecule has 3 rings (SSSR count). The van der Waals surface area contributed by atoms with Gasteiger partial charge in [0.1, 0.15) is 5.54 Å². The Bertz CT molecular complexity index is 834. The van der Waals surface area contributed by atoms with Crippen molar-refractivity contribution in [3.63, 3.8) is 0 Å². The molecular formula is C22H30Cl2N4O3. The first kappa shape index (κ1) is 24.0. The maximum Gasteiger partial charge on any atom is 0.237 e. The summed E-state index contributed by atoms with van der Waals surface area (Å²) in [6.45, 7) is 4.58. The van der Waals surface area contributed by atoms with Gasteiger partial charge >= 0.3 is 0 Å². The van der Waals surface area contributed by atoms with Gasteiger partial charge in [-0.2, -0.15) is 0 Å². The van der Waals surface area contributed by atoms with Crippen molar-refractivity contribution in [1.82, 2.24) is 15.5 Å². The minimum absolute atomic E-state index is 0.0282. The van der Waals surface area contributed by atoms with E-state index in [1.165, 1.54) is 6.92 Å². The SMILES string of the molecule is CC(=O)NC(Cc1ccc(Cl)cc1Cl)C(=O)C1CCC(C(N)=O)(N2CCNCC2)CC1. The third-order valence-electron chi connectivity index (χ3n) is 6.56. The first-order chi connectivity index (χ1) is 14.7. The number of ketones is 1. The fraction of sp³-hybridized carbons (Fsp3) is 0.591. The molecule has 4 N–H and O–H groups in total. The number of benzene rings is 1. The maximum atomic E-state index is 13.3. The van der Waals surface area contributed by atoms with E-state index in [1.807, 2.05) is 0 Å². The van der Waals surface area contributed by atoms with Gasteiger partial charge in [-0.3, -0.25) is 19.3 Å². The quantitative estimate of drug-likeness (QED) is 0.566. The normalized spacial score (nSPS) is 25.6. The number of piperazine rings is 1. The molecule has 1 saturated heterocycles. The van der Waals surface area contributed by atoms with Crippen LogP contribution in [0.5, 0.6) is 0 Å². The van der Waals surface area contributed by atoms with Crippen molar-refractivity contribution in [1.29, 1.82) is 0 Å². The van der Waals surface area contributed by atoms with E-state index < -0.39 is 11.6 Å². The Hall–Kier alpha value is -1.67. The second kappa shape index (κ2) is 10.3. The average Bonchev–Trinajstić information content (AvgIpc) is 2.75. The summed E-state index contributed by atoms with van der Waals surface area (Å²) >= 11 is 12.3. The highest BCUT2D eigenvalue weighted by Gasteiger charge is 2.47. The van der Waals surface area contributed by atoms with E-state index in [0.29, 0.717) is 42.1 Å². The fourth-order valence-electron chi connectivity index (χ4n) is 4.85. The number of halogens is 2. The van der Waals surface area contributed by atoms with E-state index in [9.17, 15) is 14.4 Å². The number of primary amides is 1. The highest BCUT2D eigenvalue weighted by Crippen LogP contribution is 2.38. The van der Waals surface area contributed by atoms with E-state index in [1.54, 1.807) is 18.2 Å². The molecule has 2 aliphatic rings. The number of amides is 2. The lowest BCUT2D eigenvalue weighted by molar-refractivity contribution is -0.137. The summed E-state index contributed by atoms with van der Waals surface area (Å²) in [6, 6.07) is 4.44. The van der Waals surface area contributed by atoms with E-state index >= 15 is 0 Å². The van der Waals surface area contributed by atoms with Crippen molar-refractivity contribution in [3.8, 4) is 0 Å². The number of nitrogens with two attached hydrogens (primary N) is 1. The Morgan fingerprint density at radius 1 is 1.23 bits per heavy atom. The molecule has 0 spiro atoms. The van der Waals surface area contributed by atoms with Crippen LogP contribution < -0.4 is 16.4 Å².